The van der Waals surface area contributed by atoms with E-state index >= 15 is 0 Å². The third-order valence-corrected chi connectivity index (χ3v) is 4.97. The molecule has 2 aromatic heterocycles. The number of alkyl halides is 3. The van der Waals surface area contributed by atoms with Crippen molar-refractivity contribution in [1.82, 2.24) is 9.97 Å². The van der Waals surface area contributed by atoms with Gasteiger partial charge < -0.3 is 35.5 Å². The Kier molecular flexibility index (Phi) is 6.70. The lowest BCUT2D eigenvalue weighted by Crippen LogP contribution is -2.49. The van der Waals surface area contributed by atoms with Gasteiger partial charge in [0, 0.05) is 23.5 Å². The molecule has 1 aromatic carbocycles. The highest BCUT2D eigenvalue weighted by atomic mass is 19.4. The molecule has 33 heavy (non-hydrogen) atoms. The first-order chi connectivity index (χ1) is 16.0. The number of aliphatic hydroxyl groups is 4. The lowest BCUT2D eigenvalue weighted by Gasteiger charge is -2.27. The average Bonchev–Trinajstić information content (AvgIpc) is 2.81. The lowest BCUT2D eigenvalue weighted by atomic mass is 9.97. The lowest BCUT2D eigenvalue weighted by molar-refractivity contribution is -0.135. The van der Waals surface area contributed by atoms with Gasteiger partial charge in [-0.25, -0.2) is 0 Å². The number of fused-ring (bicyclic) bond motifs is 1. The summed E-state index contributed by atoms with van der Waals surface area (Å²) in [6.45, 7) is -0.932. The number of nitrogens with zero attached hydrogens (tertiary/aromatic N) is 1. The van der Waals surface area contributed by atoms with Gasteiger partial charge in [0.15, 0.2) is 1.41 Å². The van der Waals surface area contributed by atoms with Gasteiger partial charge in [-0.2, -0.15) is 13.2 Å². The number of pyridine rings is 2. The van der Waals surface area contributed by atoms with E-state index in [0.717, 1.165) is 18.2 Å². The Morgan fingerprint density at radius 2 is 1.82 bits per heavy atom. The van der Waals surface area contributed by atoms with Gasteiger partial charge in [0.25, 0.3) is 5.56 Å². The number of aromatic nitrogens is 2. The molecule has 0 aliphatic heterocycles. The van der Waals surface area contributed by atoms with E-state index in [1.807, 2.05) is 0 Å². The molecule has 3 rings (SSSR count). The summed E-state index contributed by atoms with van der Waals surface area (Å²) < 4.78 is 50.2. The molecule has 3 aromatic rings. The van der Waals surface area contributed by atoms with Crippen LogP contribution in [0.1, 0.15) is 5.56 Å². The van der Waals surface area contributed by atoms with Crippen LogP contribution in [-0.4, -0.2) is 67.6 Å². The number of anilines is 1. The van der Waals surface area contributed by atoms with Gasteiger partial charge in [0.2, 0.25) is 0 Å². The molecule has 6 N–H and O–H groups in total. The first kappa shape index (κ1) is 22.9. The zero-order valence-corrected chi connectivity index (χ0v) is 16.8. The Bertz CT molecular complexity index is 1220. The number of aliphatic hydroxyl groups excluding tert-OH is 4. The Balaban J connectivity index is 2.13. The fraction of sp³-hybridized carbons (Fsp3) is 0.286. The van der Waals surface area contributed by atoms with E-state index in [1.54, 1.807) is 0 Å². The van der Waals surface area contributed by atoms with Gasteiger partial charge in [-0.3, -0.25) is 9.78 Å². The number of halogens is 3. The smallest absolute Gasteiger partial charge is 0.394 e. The summed E-state index contributed by atoms with van der Waals surface area (Å²) in [5, 5.41) is 38.4. The van der Waals surface area contributed by atoms with Crippen LogP contribution in [-0.2, 0) is 11.0 Å². The number of benzene rings is 1. The Hall–Kier alpha value is -3.32. The maximum atomic E-state index is 14.0. The van der Waals surface area contributed by atoms with E-state index in [-0.39, 0.29) is 28.4 Å². The summed E-state index contributed by atoms with van der Waals surface area (Å²) in [7, 11) is 0. The van der Waals surface area contributed by atoms with Crippen molar-refractivity contribution in [3.63, 3.8) is 0 Å². The molecule has 0 aliphatic carbocycles. The van der Waals surface area contributed by atoms with E-state index in [0.29, 0.717) is 5.31 Å². The van der Waals surface area contributed by atoms with E-state index < -0.39 is 53.8 Å². The molecule has 0 unspecified atom stereocenters. The summed E-state index contributed by atoms with van der Waals surface area (Å²) in [5.41, 5.74) is -3.35. The molecule has 0 aliphatic rings. The van der Waals surface area contributed by atoms with Crippen LogP contribution in [0.5, 0.6) is 0 Å². The minimum atomic E-state index is -4.92. The van der Waals surface area contributed by atoms with Gasteiger partial charge in [-0.15, -0.1) is 0 Å². The Morgan fingerprint density at radius 1 is 1.15 bits per heavy atom. The molecule has 9 nitrogen and oxygen atoms in total. The molecule has 176 valence electrons. The Labute approximate surface area is 185 Å². The number of carbonyl (C=O) groups excluding carboxylic acids is 1. The molecule has 0 amide bonds. The SMILES string of the molecule is [2H]N(c1ccc2c(C(F)(F)F)c(-c3ccncc3)c(=O)[nH]c2c1)[C@@H](C=O)[C@@H](O)[C@H](O)[C@H](O)CO. The monoisotopic (exact) mass is 468 g/mol. The molecule has 0 saturated heterocycles. The molecule has 12 heteroatoms. The predicted octanol–water partition coefficient (Wildman–Crippen LogP) is 0.663. The second-order valence-electron chi connectivity index (χ2n) is 7.15. The zero-order chi connectivity index (χ0) is 25.2. The number of hydrogen-bond donors (Lipinski definition) is 6. The molecule has 0 bridgehead atoms. The quantitative estimate of drug-likeness (QED) is 0.264. The highest BCUT2D eigenvalue weighted by Crippen LogP contribution is 2.39. The summed E-state index contributed by atoms with van der Waals surface area (Å²) in [6, 6.07) is 3.83. The maximum Gasteiger partial charge on any atom is 0.417 e. The van der Waals surface area contributed by atoms with Crippen molar-refractivity contribution in [1.29, 1.82) is 0 Å². The van der Waals surface area contributed by atoms with Crippen molar-refractivity contribution in [2.24, 2.45) is 0 Å². The second kappa shape index (κ2) is 9.67. The van der Waals surface area contributed by atoms with Crippen molar-refractivity contribution in [2.45, 2.75) is 30.5 Å². The van der Waals surface area contributed by atoms with Crippen molar-refractivity contribution in [2.75, 3.05) is 11.9 Å². The highest BCUT2D eigenvalue weighted by Gasteiger charge is 2.37. The largest absolute Gasteiger partial charge is 0.417 e. The minimum absolute atomic E-state index is 0.00256. The molecule has 0 saturated carbocycles. The van der Waals surface area contributed by atoms with Crippen LogP contribution in [0.3, 0.4) is 0 Å². The van der Waals surface area contributed by atoms with Crippen LogP contribution in [0.15, 0.2) is 47.5 Å². The summed E-state index contributed by atoms with van der Waals surface area (Å²) >= 11 is 0. The number of aromatic amines is 1. The van der Waals surface area contributed by atoms with Gasteiger partial charge in [0.1, 0.15) is 30.6 Å². The first-order valence-electron chi connectivity index (χ1n) is 10.0. The van der Waals surface area contributed by atoms with Crippen molar-refractivity contribution < 1.29 is 39.8 Å². The molecule has 0 radical (unpaired) electrons. The number of rotatable bonds is 8. The third-order valence-electron chi connectivity index (χ3n) is 4.97. The standard InChI is InChI=1S/C21H20F3N3O6/c22-21(23,24)17-12-2-1-11(26-14(8-28)18(31)19(32)15(30)9-29)7-13(12)27-20(33)16(17)10-3-5-25-6-4-10/h1-8,14-15,18-19,26,29-32H,9H2,(H,27,33)/t14-,15+,18+,19+/m0/s1/i/hD. The van der Waals surface area contributed by atoms with Crippen LogP contribution in [0, 0.1) is 0 Å². The third kappa shape index (κ3) is 5.03. The summed E-state index contributed by atoms with van der Waals surface area (Å²) in [6.07, 6.45) is -8.16. The van der Waals surface area contributed by atoms with Crippen molar-refractivity contribution in [3.05, 3.63) is 58.6 Å². The van der Waals surface area contributed by atoms with E-state index in [4.69, 9.17) is 6.52 Å². The molecule has 2 heterocycles. The fourth-order valence-corrected chi connectivity index (χ4v) is 3.35. The van der Waals surface area contributed by atoms with Crippen LogP contribution in [0.25, 0.3) is 22.0 Å². The topological polar surface area (TPSA) is 156 Å². The normalized spacial score (nSPS) is 16.0. The van der Waals surface area contributed by atoms with Crippen LogP contribution < -0.4 is 10.9 Å². The van der Waals surface area contributed by atoms with Gasteiger partial charge in [-0.1, -0.05) is 6.07 Å². The number of hydrogen-bond acceptors (Lipinski definition) is 8. The van der Waals surface area contributed by atoms with E-state index in [1.165, 1.54) is 24.5 Å². The molecule has 0 spiro atoms. The zero-order valence-electron chi connectivity index (χ0n) is 17.8. The van der Waals surface area contributed by atoms with E-state index in [9.17, 15) is 38.1 Å². The van der Waals surface area contributed by atoms with Crippen molar-refractivity contribution in [3.8, 4) is 11.1 Å². The second-order valence-corrected chi connectivity index (χ2v) is 7.15. The van der Waals surface area contributed by atoms with Crippen molar-refractivity contribution >= 4 is 22.9 Å². The number of carbonyl (C=O) groups is 1. The molecular weight excluding hydrogens is 447 g/mol. The maximum absolute atomic E-state index is 14.0. The molecule has 4 atom stereocenters. The number of aldehydes is 1. The first-order valence-corrected chi connectivity index (χ1v) is 9.57. The van der Waals surface area contributed by atoms with E-state index in [2.05, 4.69) is 9.97 Å². The summed E-state index contributed by atoms with van der Waals surface area (Å²) in [5.74, 6) is 0. The van der Waals surface area contributed by atoms with Gasteiger partial charge >= 0.3 is 6.18 Å². The summed E-state index contributed by atoms with van der Waals surface area (Å²) in [4.78, 5) is 30.2. The minimum Gasteiger partial charge on any atom is -0.394 e. The van der Waals surface area contributed by atoms with Gasteiger partial charge in [0.05, 0.1) is 23.3 Å². The van der Waals surface area contributed by atoms with Gasteiger partial charge in [-0.05, 0) is 29.8 Å². The van der Waals surface area contributed by atoms with Crippen LogP contribution in [0.4, 0.5) is 18.9 Å². The fourth-order valence-electron chi connectivity index (χ4n) is 3.35. The Morgan fingerprint density at radius 3 is 2.39 bits per heavy atom. The van der Waals surface area contributed by atoms with Crippen LogP contribution in [0.2, 0.25) is 1.41 Å². The highest BCUT2D eigenvalue weighted by molar-refractivity contribution is 5.91. The average molecular weight is 468 g/mol. The van der Waals surface area contributed by atoms with Crippen LogP contribution >= 0.6 is 0 Å². The molecular formula is C21H20F3N3O6. The molecule has 0 fully saturated rings. The predicted molar refractivity (Wildman–Crippen MR) is 111 cm³/mol. The number of nitrogens with one attached hydrogen (secondary N) is 2. The number of H-pyrrole nitrogens is 1.